The van der Waals surface area contributed by atoms with E-state index < -0.39 is 0 Å². The number of piperidine rings is 1. The van der Waals surface area contributed by atoms with Crippen LogP contribution in [0, 0.1) is 11.7 Å². The summed E-state index contributed by atoms with van der Waals surface area (Å²) in [6.45, 7) is 3.68. The quantitative estimate of drug-likeness (QED) is 0.926. The molecule has 2 fully saturated rings. The molecule has 23 heavy (non-hydrogen) atoms. The molecule has 1 unspecified atom stereocenters. The molecular weight excluding hydrogens is 295 g/mol. The number of hydrogen-bond donors (Lipinski definition) is 1. The zero-order valence-electron chi connectivity index (χ0n) is 13.5. The summed E-state index contributed by atoms with van der Waals surface area (Å²) in [7, 11) is 0. The highest BCUT2D eigenvalue weighted by atomic mass is 19.1. The van der Waals surface area contributed by atoms with Crippen LogP contribution < -0.4 is 5.32 Å². The van der Waals surface area contributed by atoms with Gasteiger partial charge in [-0.15, -0.1) is 0 Å². The molecule has 4 nitrogen and oxygen atoms in total. The topological polar surface area (TPSA) is 41.6 Å². The normalized spacial score (nSPS) is 23.6. The Balaban J connectivity index is 1.53. The minimum Gasteiger partial charge on any atom is -0.381 e. The van der Waals surface area contributed by atoms with Crippen molar-refractivity contribution >= 4 is 5.91 Å². The van der Waals surface area contributed by atoms with Gasteiger partial charge in [0.1, 0.15) is 5.82 Å². The van der Waals surface area contributed by atoms with Gasteiger partial charge >= 0.3 is 0 Å². The molecule has 2 aliphatic rings. The van der Waals surface area contributed by atoms with E-state index in [1.54, 1.807) is 6.07 Å². The maximum Gasteiger partial charge on any atom is 0.224 e. The van der Waals surface area contributed by atoms with E-state index in [0.717, 1.165) is 45.4 Å². The average Bonchev–Trinajstić information content (AvgIpc) is 2.58. The fraction of sp³-hybridized carbons (Fsp3) is 0.611. The van der Waals surface area contributed by atoms with Crippen LogP contribution in [0.25, 0.3) is 0 Å². The average molecular weight is 320 g/mol. The van der Waals surface area contributed by atoms with Gasteiger partial charge in [0.25, 0.3) is 0 Å². The van der Waals surface area contributed by atoms with E-state index in [4.69, 9.17) is 4.74 Å². The van der Waals surface area contributed by atoms with E-state index in [1.165, 1.54) is 6.07 Å². The summed E-state index contributed by atoms with van der Waals surface area (Å²) in [5, 5.41) is 3.16. The predicted octanol–water partition coefficient (Wildman–Crippen LogP) is 2.33. The van der Waals surface area contributed by atoms with Gasteiger partial charge in [-0.2, -0.15) is 0 Å². The van der Waals surface area contributed by atoms with E-state index >= 15 is 0 Å². The Morgan fingerprint density at radius 1 is 1.26 bits per heavy atom. The van der Waals surface area contributed by atoms with Crippen LogP contribution in [-0.2, 0) is 16.1 Å². The number of amides is 1. The van der Waals surface area contributed by atoms with Gasteiger partial charge < -0.3 is 10.1 Å². The van der Waals surface area contributed by atoms with Crippen LogP contribution in [0.1, 0.15) is 31.2 Å². The molecule has 1 N–H and O–H groups in total. The largest absolute Gasteiger partial charge is 0.381 e. The number of ether oxygens (including phenoxy) is 1. The molecule has 1 aromatic carbocycles. The van der Waals surface area contributed by atoms with Gasteiger partial charge in [0.2, 0.25) is 5.91 Å². The highest BCUT2D eigenvalue weighted by molar-refractivity contribution is 5.79. The van der Waals surface area contributed by atoms with E-state index in [1.807, 2.05) is 12.1 Å². The first-order valence-electron chi connectivity index (χ1n) is 8.56. The van der Waals surface area contributed by atoms with Crippen LogP contribution in [0.5, 0.6) is 0 Å². The minimum absolute atomic E-state index is 0.0124. The lowest BCUT2D eigenvalue weighted by Crippen LogP contribution is -2.47. The summed E-state index contributed by atoms with van der Waals surface area (Å²) in [6, 6.07) is 7.13. The smallest absolute Gasteiger partial charge is 0.224 e. The zero-order valence-corrected chi connectivity index (χ0v) is 13.5. The third-order valence-corrected chi connectivity index (χ3v) is 4.80. The molecular formula is C18H25FN2O2. The van der Waals surface area contributed by atoms with Crippen molar-refractivity contribution in [1.29, 1.82) is 0 Å². The van der Waals surface area contributed by atoms with E-state index in [2.05, 4.69) is 10.2 Å². The van der Waals surface area contributed by atoms with Crippen molar-refractivity contribution in [3.8, 4) is 0 Å². The van der Waals surface area contributed by atoms with Crippen molar-refractivity contribution in [3.05, 3.63) is 35.6 Å². The molecule has 0 aliphatic carbocycles. The van der Waals surface area contributed by atoms with E-state index in [9.17, 15) is 9.18 Å². The van der Waals surface area contributed by atoms with Gasteiger partial charge in [-0.05, 0) is 38.3 Å². The molecule has 0 saturated carbocycles. The first-order valence-corrected chi connectivity index (χ1v) is 8.56. The Hall–Kier alpha value is -1.46. The number of halogens is 1. The Morgan fingerprint density at radius 3 is 2.83 bits per heavy atom. The van der Waals surface area contributed by atoms with Gasteiger partial charge in [-0.25, -0.2) is 4.39 Å². The summed E-state index contributed by atoms with van der Waals surface area (Å²) >= 11 is 0. The Kier molecular flexibility index (Phi) is 5.62. The molecule has 1 amide bonds. The minimum atomic E-state index is -0.165. The van der Waals surface area contributed by atoms with E-state index in [0.29, 0.717) is 18.7 Å². The zero-order chi connectivity index (χ0) is 16.1. The van der Waals surface area contributed by atoms with Crippen LogP contribution in [0.4, 0.5) is 4.39 Å². The SMILES string of the molecule is O=C(NC1CCOCC1)C1CCCN(Cc2ccccc2F)C1. The molecule has 2 heterocycles. The number of rotatable bonds is 4. The van der Waals surface area contributed by atoms with E-state index in [-0.39, 0.29) is 23.7 Å². The maximum absolute atomic E-state index is 13.8. The third-order valence-electron chi connectivity index (χ3n) is 4.80. The first kappa shape index (κ1) is 16.4. The summed E-state index contributed by atoms with van der Waals surface area (Å²) < 4.78 is 19.1. The molecule has 5 heteroatoms. The lowest BCUT2D eigenvalue weighted by molar-refractivity contribution is -0.128. The number of carbonyl (C=O) groups excluding carboxylic acids is 1. The van der Waals surface area contributed by atoms with Crippen molar-refractivity contribution in [1.82, 2.24) is 10.2 Å². The standard InChI is InChI=1S/C18H25FN2O2/c19-17-6-2-1-4-14(17)12-21-9-3-5-15(13-21)18(22)20-16-7-10-23-11-8-16/h1-2,4,6,15-16H,3,5,7-13H2,(H,20,22). The first-order chi connectivity index (χ1) is 11.2. The molecule has 1 atom stereocenters. The molecule has 0 spiro atoms. The van der Waals surface area contributed by atoms with Crippen molar-refractivity contribution in [3.63, 3.8) is 0 Å². The fourth-order valence-electron chi connectivity index (χ4n) is 3.44. The summed E-state index contributed by atoms with van der Waals surface area (Å²) in [5.41, 5.74) is 0.706. The highest BCUT2D eigenvalue weighted by Gasteiger charge is 2.28. The summed E-state index contributed by atoms with van der Waals surface area (Å²) in [5.74, 6) is -0.00483. The van der Waals surface area contributed by atoms with Crippen LogP contribution in [0.15, 0.2) is 24.3 Å². The third kappa shape index (κ3) is 4.52. The van der Waals surface area contributed by atoms with Crippen molar-refractivity contribution < 1.29 is 13.9 Å². The highest BCUT2D eigenvalue weighted by Crippen LogP contribution is 2.20. The number of nitrogens with zero attached hydrogens (tertiary/aromatic N) is 1. The second-order valence-electron chi connectivity index (χ2n) is 6.56. The summed E-state index contributed by atoms with van der Waals surface area (Å²) in [4.78, 5) is 14.7. The number of carbonyl (C=O) groups is 1. The van der Waals surface area contributed by atoms with Gasteiger partial charge in [-0.1, -0.05) is 18.2 Å². The number of benzene rings is 1. The molecule has 0 bridgehead atoms. The molecule has 1 aromatic rings. The molecule has 2 aliphatic heterocycles. The van der Waals surface area contributed by atoms with Crippen molar-refractivity contribution in [2.75, 3.05) is 26.3 Å². The summed E-state index contributed by atoms with van der Waals surface area (Å²) in [6.07, 6.45) is 3.71. The van der Waals surface area contributed by atoms with Gasteiger partial charge in [-0.3, -0.25) is 9.69 Å². The van der Waals surface area contributed by atoms with Gasteiger partial charge in [0.15, 0.2) is 0 Å². The molecule has 2 saturated heterocycles. The molecule has 0 radical (unpaired) electrons. The van der Waals surface area contributed by atoms with Crippen molar-refractivity contribution in [2.24, 2.45) is 5.92 Å². The van der Waals surface area contributed by atoms with Crippen molar-refractivity contribution in [2.45, 2.75) is 38.3 Å². The van der Waals surface area contributed by atoms with Gasteiger partial charge in [0.05, 0.1) is 5.92 Å². The van der Waals surface area contributed by atoms with Crippen LogP contribution in [-0.4, -0.2) is 43.2 Å². The lowest BCUT2D eigenvalue weighted by Gasteiger charge is -2.33. The number of hydrogen-bond acceptors (Lipinski definition) is 3. The Morgan fingerprint density at radius 2 is 2.04 bits per heavy atom. The van der Waals surface area contributed by atoms with Crippen LogP contribution >= 0.6 is 0 Å². The molecule has 3 rings (SSSR count). The second kappa shape index (κ2) is 7.88. The number of likely N-dealkylation sites (tertiary alicyclic amines) is 1. The monoisotopic (exact) mass is 320 g/mol. The lowest BCUT2D eigenvalue weighted by atomic mass is 9.95. The fourth-order valence-corrected chi connectivity index (χ4v) is 3.44. The number of nitrogens with one attached hydrogen (secondary N) is 1. The Labute approximate surface area is 137 Å². The van der Waals surface area contributed by atoms with Crippen LogP contribution in [0.3, 0.4) is 0 Å². The maximum atomic E-state index is 13.8. The molecule has 126 valence electrons. The second-order valence-corrected chi connectivity index (χ2v) is 6.56. The van der Waals surface area contributed by atoms with Gasteiger partial charge in [0, 0.05) is 37.9 Å². The Bertz CT molecular complexity index is 532. The predicted molar refractivity (Wildman–Crippen MR) is 86.4 cm³/mol. The van der Waals surface area contributed by atoms with Crippen LogP contribution in [0.2, 0.25) is 0 Å². The molecule has 0 aromatic heterocycles.